The molecule has 6 atom stereocenters. The third-order valence-corrected chi connectivity index (χ3v) is 8.25. The molecule has 2 saturated heterocycles. The van der Waals surface area contributed by atoms with Gasteiger partial charge in [-0.25, -0.2) is 13.9 Å². The summed E-state index contributed by atoms with van der Waals surface area (Å²) < 4.78 is 65.5. The molecular formula is C29H37F4N5O7. The number of rotatable bonds is 6. The number of amides is 1. The maximum absolute atomic E-state index is 14.2. The van der Waals surface area contributed by atoms with Gasteiger partial charge in [-0.15, -0.1) is 5.10 Å². The predicted molar refractivity (Wildman–Crippen MR) is 149 cm³/mol. The lowest BCUT2D eigenvalue weighted by atomic mass is 9.86. The van der Waals surface area contributed by atoms with Gasteiger partial charge in [-0.2, -0.15) is 13.2 Å². The summed E-state index contributed by atoms with van der Waals surface area (Å²) in [7, 11) is 0. The largest absolute Gasteiger partial charge is 0.444 e. The van der Waals surface area contributed by atoms with E-state index in [2.05, 4.69) is 15.5 Å². The monoisotopic (exact) mass is 643 g/mol. The normalized spacial score (nSPS) is 28.1. The second-order valence-corrected chi connectivity index (χ2v) is 12.6. The van der Waals surface area contributed by atoms with Crippen LogP contribution in [0.15, 0.2) is 29.6 Å². The number of likely N-dealkylation sites (tertiary alicyclic amines) is 1. The summed E-state index contributed by atoms with van der Waals surface area (Å²) in [6, 6.07) is 1.18. The fraction of sp³-hybridized carbons (Fsp3) is 0.655. The molecule has 2 aromatic rings. The molecule has 1 aromatic carbocycles. The number of halogens is 4. The van der Waals surface area contributed by atoms with Crippen molar-refractivity contribution in [1.29, 1.82) is 0 Å². The van der Waals surface area contributed by atoms with E-state index in [4.69, 9.17) is 14.3 Å². The number of aromatic nitrogens is 3. The highest BCUT2D eigenvalue weighted by molar-refractivity contribution is 5.88. The lowest BCUT2D eigenvalue weighted by Crippen LogP contribution is -2.56. The van der Waals surface area contributed by atoms with Gasteiger partial charge in [0.25, 0.3) is 0 Å². The van der Waals surface area contributed by atoms with Gasteiger partial charge in [0.05, 0.1) is 30.2 Å². The van der Waals surface area contributed by atoms with Crippen molar-refractivity contribution in [2.45, 2.75) is 94.8 Å². The molecule has 4 heterocycles. The van der Waals surface area contributed by atoms with E-state index in [1.54, 1.807) is 4.90 Å². The highest BCUT2D eigenvalue weighted by Gasteiger charge is 2.47. The predicted octanol–water partition coefficient (Wildman–Crippen LogP) is 3.31. The molecule has 0 bridgehead atoms. The third kappa shape index (κ3) is 7.39. The molecule has 3 aliphatic heterocycles. The number of hydrogen-bond donors (Lipinski definition) is 3. The fourth-order valence-corrected chi connectivity index (χ4v) is 5.94. The molecule has 1 aromatic heterocycles. The molecule has 5 rings (SSSR count). The lowest BCUT2D eigenvalue weighted by Gasteiger charge is -2.42. The van der Waals surface area contributed by atoms with Crippen molar-refractivity contribution < 1.29 is 52.0 Å². The Labute approximate surface area is 256 Å². The standard InChI is InChI=1S/C29H37F4N5O7/c1-28(2,3)44-27(42)37-8-6-15(7-9-37)20-11-17(45-35-20)12-22-25(40)24(26(41)23(14-39)43-22)38-13-21(34-36-38)16-4-5-18(19(30)10-16)29(31,32)33/h4-5,10,13,15,17,22-26,39-41H,6-9,11-12,14H2,1-3H3/t17?,22-,23-,24-,25+,26+/m1/s1. The summed E-state index contributed by atoms with van der Waals surface area (Å²) >= 11 is 0. The van der Waals surface area contributed by atoms with Crippen LogP contribution in [0.3, 0.4) is 0 Å². The number of piperidine rings is 1. The van der Waals surface area contributed by atoms with E-state index >= 15 is 0 Å². The molecule has 16 heteroatoms. The smallest absolute Gasteiger partial charge is 0.419 e. The SMILES string of the molecule is CC(C)(C)OC(=O)N1CCC(C2=NOC(C[C@H]3O[C@H](CO)[C@H](O)[C@H](n4cc(-c5ccc(C(F)(F)F)c(F)c5)nn4)[C@H]3O)C2)CC1. The zero-order chi connectivity index (χ0) is 32.7. The number of aliphatic hydroxyl groups excluding tert-OH is 3. The zero-order valence-electron chi connectivity index (χ0n) is 25.0. The molecule has 45 heavy (non-hydrogen) atoms. The average Bonchev–Trinajstić information content (AvgIpc) is 3.63. The summed E-state index contributed by atoms with van der Waals surface area (Å²) in [6.07, 6.45) is -7.19. The van der Waals surface area contributed by atoms with Crippen LogP contribution in [0.4, 0.5) is 22.4 Å². The highest BCUT2D eigenvalue weighted by atomic mass is 19.4. The third-order valence-electron chi connectivity index (χ3n) is 8.25. The van der Waals surface area contributed by atoms with Gasteiger partial charge in [-0.3, -0.25) is 0 Å². The number of oxime groups is 1. The molecule has 0 radical (unpaired) electrons. The second kappa shape index (κ2) is 12.8. The minimum Gasteiger partial charge on any atom is -0.444 e. The molecule has 0 spiro atoms. The first-order valence-corrected chi connectivity index (χ1v) is 14.8. The molecule has 248 valence electrons. The molecule has 1 amide bonds. The molecule has 1 unspecified atom stereocenters. The number of aliphatic hydroxyl groups is 3. The summed E-state index contributed by atoms with van der Waals surface area (Å²) in [5, 5.41) is 44.2. The second-order valence-electron chi connectivity index (χ2n) is 12.6. The maximum atomic E-state index is 14.2. The van der Waals surface area contributed by atoms with E-state index in [1.165, 1.54) is 6.20 Å². The number of nitrogens with zero attached hydrogens (tertiary/aromatic N) is 5. The van der Waals surface area contributed by atoms with Crippen molar-refractivity contribution in [2.24, 2.45) is 11.1 Å². The molecule has 3 N–H and O–H groups in total. The molecule has 0 saturated carbocycles. The van der Waals surface area contributed by atoms with E-state index in [1.807, 2.05) is 20.8 Å². The van der Waals surface area contributed by atoms with Gasteiger partial charge in [0.2, 0.25) is 0 Å². The summed E-state index contributed by atoms with van der Waals surface area (Å²) in [6.45, 7) is 5.91. The Morgan fingerprint density at radius 1 is 1.11 bits per heavy atom. The van der Waals surface area contributed by atoms with Crippen LogP contribution in [0, 0.1) is 11.7 Å². The van der Waals surface area contributed by atoms with E-state index in [9.17, 15) is 37.7 Å². The summed E-state index contributed by atoms with van der Waals surface area (Å²) in [5.41, 5.74) is -1.13. The summed E-state index contributed by atoms with van der Waals surface area (Å²) in [5.74, 6) is -1.37. The van der Waals surface area contributed by atoms with Crippen molar-refractivity contribution in [3.8, 4) is 11.3 Å². The van der Waals surface area contributed by atoms with Crippen molar-refractivity contribution in [2.75, 3.05) is 19.7 Å². The van der Waals surface area contributed by atoms with Crippen LogP contribution >= 0.6 is 0 Å². The Morgan fingerprint density at radius 3 is 2.42 bits per heavy atom. The van der Waals surface area contributed by atoms with Crippen LogP contribution in [0.1, 0.15) is 58.1 Å². The topological polar surface area (TPSA) is 152 Å². The van der Waals surface area contributed by atoms with Crippen LogP contribution in [0.25, 0.3) is 11.3 Å². The Hall–Kier alpha value is -3.34. The van der Waals surface area contributed by atoms with Crippen LogP contribution in [0.5, 0.6) is 0 Å². The Balaban J connectivity index is 1.22. The van der Waals surface area contributed by atoms with Gasteiger partial charge in [-0.1, -0.05) is 16.4 Å². The number of carbonyl (C=O) groups excluding carboxylic acids is 1. The first-order chi connectivity index (χ1) is 21.1. The van der Waals surface area contributed by atoms with E-state index in [0.717, 1.165) is 16.5 Å². The molecule has 3 aliphatic rings. The lowest BCUT2D eigenvalue weighted by molar-refractivity contribution is -0.212. The Kier molecular flexibility index (Phi) is 9.40. The number of ether oxygens (including phenoxy) is 2. The molecular weight excluding hydrogens is 606 g/mol. The molecule has 2 fully saturated rings. The minimum atomic E-state index is -4.86. The first-order valence-electron chi connectivity index (χ1n) is 14.8. The van der Waals surface area contributed by atoms with Crippen LogP contribution < -0.4 is 0 Å². The van der Waals surface area contributed by atoms with E-state index < -0.39 is 66.3 Å². The summed E-state index contributed by atoms with van der Waals surface area (Å²) in [4.78, 5) is 19.7. The van der Waals surface area contributed by atoms with Crippen molar-refractivity contribution in [3.05, 3.63) is 35.8 Å². The number of benzene rings is 1. The minimum absolute atomic E-state index is 0.0130. The Bertz CT molecular complexity index is 1390. The van der Waals surface area contributed by atoms with Gasteiger partial charge < -0.3 is 34.5 Å². The van der Waals surface area contributed by atoms with Gasteiger partial charge in [-0.05, 0) is 45.7 Å². The van der Waals surface area contributed by atoms with Crippen LogP contribution in [-0.4, -0.2) is 103 Å². The van der Waals surface area contributed by atoms with Gasteiger partial charge in [0.1, 0.15) is 47.6 Å². The number of carbonyl (C=O) groups is 1. The number of hydrogen-bond acceptors (Lipinski definition) is 10. The van der Waals surface area contributed by atoms with Gasteiger partial charge in [0.15, 0.2) is 0 Å². The highest BCUT2D eigenvalue weighted by Crippen LogP contribution is 2.36. The van der Waals surface area contributed by atoms with E-state index in [-0.39, 0.29) is 29.7 Å². The average molecular weight is 644 g/mol. The van der Waals surface area contributed by atoms with Crippen molar-refractivity contribution in [3.63, 3.8) is 0 Å². The van der Waals surface area contributed by atoms with Crippen LogP contribution in [0.2, 0.25) is 0 Å². The zero-order valence-corrected chi connectivity index (χ0v) is 25.0. The van der Waals surface area contributed by atoms with Crippen molar-refractivity contribution in [1.82, 2.24) is 19.9 Å². The van der Waals surface area contributed by atoms with E-state index in [0.29, 0.717) is 44.5 Å². The van der Waals surface area contributed by atoms with Crippen LogP contribution in [-0.2, 0) is 20.5 Å². The maximum Gasteiger partial charge on any atom is 0.419 e. The quantitative estimate of drug-likeness (QED) is 0.403. The van der Waals surface area contributed by atoms with Gasteiger partial charge >= 0.3 is 12.3 Å². The molecule has 0 aliphatic carbocycles. The Morgan fingerprint density at radius 2 is 1.80 bits per heavy atom. The fourth-order valence-electron chi connectivity index (χ4n) is 5.94. The van der Waals surface area contributed by atoms with Gasteiger partial charge in [0, 0.05) is 37.4 Å². The number of alkyl halides is 3. The first kappa shape index (κ1) is 33.0. The van der Waals surface area contributed by atoms with Crippen molar-refractivity contribution >= 4 is 11.8 Å². The molecule has 12 nitrogen and oxygen atoms in total.